The normalized spacial score (nSPS) is 22.3. The molecule has 3 heterocycles. The largest absolute Gasteiger partial charge is 0.462 e. The van der Waals surface area contributed by atoms with E-state index in [9.17, 15) is 18.9 Å². The molecule has 0 spiro atoms. The molecule has 2 aromatic heterocycles. The maximum absolute atomic E-state index is 14.5. The molecule has 0 aliphatic carbocycles. The van der Waals surface area contributed by atoms with Crippen molar-refractivity contribution in [2.24, 2.45) is 16.8 Å². The monoisotopic (exact) mass is 716 g/mol. The fourth-order valence-electron chi connectivity index (χ4n) is 5.21. The Morgan fingerprint density at radius 2 is 1.74 bits per heavy atom. The van der Waals surface area contributed by atoms with E-state index in [2.05, 4.69) is 26.9 Å². The van der Waals surface area contributed by atoms with Crippen LogP contribution in [0.4, 0.5) is 5.82 Å². The minimum Gasteiger partial charge on any atom is -0.462 e. The third-order valence-corrected chi connectivity index (χ3v) is 9.36. The Hall–Kier alpha value is -4.37. The van der Waals surface area contributed by atoms with Gasteiger partial charge in [0.05, 0.1) is 43.4 Å². The molecule has 17 heteroatoms. The molecule has 0 unspecified atom stereocenters. The van der Waals surface area contributed by atoms with Gasteiger partial charge in [-0.15, -0.1) is 0 Å². The predicted octanol–water partition coefficient (Wildman–Crippen LogP) is 3.88. The van der Waals surface area contributed by atoms with Crippen LogP contribution in [0.25, 0.3) is 5.52 Å². The number of nitrogens with one attached hydrogen (secondary N) is 1. The molecule has 1 fully saturated rings. The summed E-state index contributed by atoms with van der Waals surface area (Å²) in [5.74, 6) is -2.95. The first-order chi connectivity index (χ1) is 23.6. The molecule has 3 N–H and O–H groups in total. The molecule has 1 saturated heterocycles. The first kappa shape index (κ1) is 38.4. The van der Waals surface area contributed by atoms with Crippen LogP contribution in [-0.4, -0.2) is 82.8 Å². The highest BCUT2D eigenvalue weighted by Crippen LogP contribution is 2.51. The van der Waals surface area contributed by atoms with Gasteiger partial charge < -0.3 is 29.2 Å². The molecule has 5 atom stereocenters. The molecule has 0 amide bonds. The number of hydrogen-bond acceptors (Lipinski definition) is 14. The molecule has 0 radical (unpaired) electrons. The second kappa shape index (κ2) is 15.7. The Balaban J connectivity index is 1.85. The van der Waals surface area contributed by atoms with E-state index in [1.807, 2.05) is 0 Å². The van der Waals surface area contributed by atoms with Crippen LogP contribution >= 0.6 is 7.75 Å². The number of carbonyl (C=O) groups excluding carboxylic acids is 3. The maximum atomic E-state index is 14.5. The van der Waals surface area contributed by atoms with E-state index < -0.39 is 73.5 Å². The minimum atomic E-state index is -4.47. The summed E-state index contributed by atoms with van der Waals surface area (Å²) < 4.78 is 51.9. The highest BCUT2D eigenvalue weighted by Gasteiger charge is 2.66. The number of nitrogens with two attached hydrogens (primary N) is 1. The van der Waals surface area contributed by atoms with Gasteiger partial charge >= 0.3 is 25.7 Å². The number of ether oxygens (including phenoxy) is 4. The number of nitrogen functional groups attached to an aromatic ring is 1. The van der Waals surface area contributed by atoms with Gasteiger partial charge in [0.15, 0.2) is 17.5 Å². The first-order valence-electron chi connectivity index (χ1n) is 16.1. The Bertz CT molecular complexity index is 1730. The van der Waals surface area contributed by atoms with Gasteiger partial charge in [-0.2, -0.15) is 10.2 Å². The summed E-state index contributed by atoms with van der Waals surface area (Å²) in [7, 11) is -4.47. The van der Waals surface area contributed by atoms with Gasteiger partial charge in [-0.25, -0.2) is 14.1 Å². The smallest absolute Gasteiger partial charge is 0.459 e. The van der Waals surface area contributed by atoms with Gasteiger partial charge in [-0.3, -0.25) is 23.9 Å². The van der Waals surface area contributed by atoms with Crippen LogP contribution in [0.1, 0.15) is 54.2 Å². The lowest BCUT2D eigenvalue weighted by Crippen LogP contribution is -2.57. The first-order valence-corrected chi connectivity index (χ1v) is 17.7. The number of rotatable bonds is 16. The van der Waals surface area contributed by atoms with Crippen molar-refractivity contribution >= 4 is 43.7 Å². The van der Waals surface area contributed by atoms with Crippen molar-refractivity contribution in [1.82, 2.24) is 19.7 Å². The quantitative estimate of drug-likeness (QED) is 0.0935. The van der Waals surface area contributed by atoms with E-state index >= 15 is 0 Å². The Labute approximate surface area is 290 Å². The summed E-state index contributed by atoms with van der Waals surface area (Å²) in [6.07, 6.45) is -0.703. The van der Waals surface area contributed by atoms with E-state index in [0.29, 0.717) is 5.52 Å². The fourth-order valence-corrected chi connectivity index (χ4v) is 6.75. The number of esters is 3. The van der Waals surface area contributed by atoms with Crippen molar-refractivity contribution in [3.63, 3.8) is 0 Å². The average Bonchev–Trinajstić information content (AvgIpc) is 3.62. The zero-order valence-electron chi connectivity index (χ0n) is 29.2. The highest BCUT2D eigenvalue weighted by molar-refractivity contribution is 7.52. The number of fused-ring (bicyclic) bond motifs is 1. The lowest BCUT2D eigenvalue weighted by atomic mass is 9.84. The third kappa shape index (κ3) is 8.32. The van der Waals surface area contributed by atoms with Crippen molar-refractivity contribution in [2.75, 3.05) is 25.5 Å². The van der Waals surface area contributed by atoms with Crippen LogP contribution in [0.2, 0.25) is 0 Å². The molecule has 4 rings (SSSR count). The van der Waals surface area contributed by atoms with Gasteiger partial charge in [0.25, 0.3) is 0 Å². The number of para-hydroxylation sites is 1. The van der Waals surface area contributed by atoms with Crippen molar-refractivity contribution in [1.29, 1.82) is 0 Å². The SMILES string of the molecule is C=NC[C@]1(CO[P@@](=O)(N[C@@H](C)C(=O)OC(C)C)Oc2ccccc2)OC[C@](OC(=O)C(C)C)(c2ccc3c(N)ncnn23)[C@@H]1OC(=O)C(C)C. The van der Waals surface area contributed by atoms with Crippen LogP contribution in [0, 0.1) is 11.8 Å². The summed E-state index contributed by atoms with van der Waals surface area (Å²) in [6, 6.07) is 10.3. The molecule has 16 nitrogen and oxygen atoms in total. The molecule has 1 aliphatic heterocycles. The Kier molecular flexibility index (Phi) is 12.0. The van der Waals surface area contributed by atoms with Gasteiger partial charge in [0.1, 0.15) is 23.6 Å². The molecule has 272 valence electrons. The number of benzene rings is 1. The van der Waals surface area contributed by atoms with Gasteiger partial charge in [0, 0.05) is 0 Å². The van der Waals surface area contributed by atoms with Gasteiger partial charge in [0.2, 0.25) is 5.60 Å². The maximum Gasteiger partial charge on any atom is 0.459 e. The summed E-state index contributed by atoms with van der Waals surface area (Å²) in [5.41, 5.74) is 3.12. The topological polar surface area (TPSA) is 204 Å². The number of anilines is 1. The second-order valence-electron chi connectivity index (χ2n) is 12.8. The van der Waals surface area contributed by atoms with Crippen molar-refractivity contribution in [2.45, 2.75) is 77.9 Å². The van der Waals surface area contributed by atoms with E-state index in [0.717, 1.165) is 0 Å². The van der Waals surface area contributed by atoms with Gasteiger partial charge in [-0.1, -0.05) is 45.9 Å². The molecule has 0 bridgehead atoms. The van der Waals surface area contributed by atoms with Crippen LogP contribution < -0.4 is 15.3 Å². The summed E-state index contributed by atoms with van der Waals surface area (Å²) in [6.45, 7) is 13.7. The zero-order chi connectivity index (χ0) is 36.9. The van der Waals surface area contributed by atoms with E-state index in [-0.39, 0.29) is 30.4 Å². The molecular formula is C33H45N6O10P. The number of aliphatic imine (C=N–C) groups is 1. The van der Waals surface area contributed by atoms with Crippen LogP contribution in [0.3, 0.4) is 0 Å². The summed E-state index contributed by atoms with van der Waals surface area (Å²) >= 11 is 0. The standard InChI is InChI=1S/C33H45N6O10P/c1-20(2)28(40)47-31-32(16-35-8,17-45-50(43,49-24-12-10-9-11-13-24)38-23(7)30(42)46-22(5)6)44-18-33(31,48-29(41)21(3)4)26-15-14-25-27(34)36-19-37-39(25)26/h9-15,19-23,31H,8,16-18H2,1-7H3,(H,38,43)(H2,34,36,37)/t23-,31+,32+,33-,50-/m0/s1. The molecule has 0 saturated carbocycles. The van der Waals surface area contributed by atoms with Crippen molar-refractivity contribution < 1.29 is 46.9 Å². The predicted molar refractivity (Wildman–Crippen MR) is 182 cm³/mol. The van der Waals surface area contributed by atoms with Gasteiger partial charge in [-0.05, 0) is 51.8 Å². The highest BCUT2D eigenvalue weighted by atomic mass is 31.2. The second-order valence-corrected chi connectivity index (χ2v) is 14.5. The number of aromatic nitrogens is 3. The molecule has 1 aliphatic rings. The van der Waals surface area contributed by atoms with Crippen molar-refractivity contribution in [3.8, 4) is 5.75 Å². The van der Waals surface area contributed by atoms with Crippen LogP contribution in [-0.2, 0) is 48.0 Å². The van der Waals surface area contributed by atoms with E-state index in [4.69, 9.17) is 33.7 Å². The molecule has 3 aromatic rings. The molecular weight excluding hydrogens is 671 g/mol. The third-order valence-electron chi connectivity index (χ3n) is 7.73. The Morgan fingerprint density at radius 1 is 1.06 bits per heavy atom. The minimum absolute atomic E-state index is 0.142. The average molecular weight is 717 g/mol. The lowest BCUT2D eigenvalue weighted by molar-refractivity contribution is -0.194. The zero-order valence-corrected chi connectivity index (χ0v) is 30.1. The molecule has 50 heavy (non-hydrogen) atoms. The molecule has 1 aromatic carbocycles. The fraction of sp³-hybridized carbons (Fsp3) is 0.515. The van der Waals surface area contributed by atoms with E-state index in [1.165, 1.54) is 17.8 Å². The van der Waals surface area contributed by atoms with Crippen molar-refractivity contribution in [3.05, 3.63) is 54.5 Å². The number of carbonyl (C=O) groups is 3. The van der Waals surface area contributed by atoms with E-state index in [1.54, 1.807) is 84.0 Å². The summed E-state index contributed by atoms with van der Waals surface area (Å²) in [4.78, 5) is 47.8. The van der Waals surface area contributed by atoms with Crippen LogP contribution in [0.5, 0.6) is 5.75 Å². The summed E-state index contributed by atoms with van der Waals surface area (Å²) in [5, 5.41) is 6.98. The van der Waals surface area contributed by atoms with Crippen LogP contribution in [0.15, 0.2) is 53.8 Å². The number of nitrogens with zero attached hydrogens (tertiary/aromatic N) is 4. The Morgan fingerprint density at radius 3 is 2.36 bits per heavy atom. The number of hydrogen-bond donors (Lipinski definition) is 2. The lowest BCUT2D eigenvalue weighted by Gasteiger charge is -2.39.